The Morgan fingerprint density at radius 3 is 2.52 bits per heavy atom. The lowest BCUT2D eigenvalue weighted by molar-refractivity contribution is -0.144. The van der Waals surface area contributed by atoms with Gasteiger partial charge in [0.05, 0.1) is 12.0 Å². The zero-order valence-corrected chi connectivity index (χ0v) is 23.2. The third-order valence-electron chi connectivity index (χ3n) is 9.61. The Hall–Kier alpha value is -3.03. The second-order valence-corrected chi connectivity index (χ2v) is 12.3. The van der Waals surface area contributed by atoms with E-state index >= 15 is 0 Å². The van der Waals surface area contributed by atoms with Gasteiger partial charge in [0.25, 0.3) is 0 Å². The molecule has 3 unspecified atom stereocenters. The summed E-state index contributed by atoms with van der Waals surface area (Å²) >= 11 is 0. The highest BCUT2D eigenvalue weighted by atomic mass is 19.1. The fourth-order valence-electron chi connectivity index (χ4n) is 7.12. The van der Waals surface area contributed by atoms with Gasteiger partial charge in [0.15, 0.2) is 0 Å². The first-order valence-electron chi connectivity index (χ1n) is 15.0. The molecule has 3 aromatic rings. The molecular formula is C33H41FN4O2. The van der Waals surface area contributed by atoms with Crippen LogP contribution in [0, 0.1) is 17.7 Å². The van der Waals surface area contributed by atoms with E-state index in [1.807, 2.05) is 18.5 Å². The number of likely N-dealkylation sites (tertiary alicyclic amines) is 2. The molecule has 3 atom stereocenters. The monoisotopic (exact) mass is 544 g/mol. The number of benzene rings is 2. The summed E-state index contributed by atoms with van der Waals surface area (Å²) in [5.74, 6) is 0.0337. The van der Waals surface area contributed by atoms with Crippen molar-refractivity contribution < 1.29 is 14.3 Å². The highest BCUT2D eigenvalue weighted by Crippen LogP contribution is 2.38. The molecule has 212 valence electrons. The van der Waals surface area contributed by atoms with Crippen molar-refractivity contribution in [3.63, 3.8) is 0 Å². The van der Waals surface area contributed by atoms with Crippen LogP contribution in [0.2, 0.25) is 0 Å². The largest absolute Gasteiger partial charge is 0.480 e. The van der Waals surface area contributed by atoms with Gasteiger partial charge in [0.1, 0.15) is 11.9 Å². The van der Waals surface area contributed by atoms with Gasteiger partial charge >= 0.3 is 5.97 Å². The number of piperidine rings is 1. The van der Waals surface area contributed by atoms with Crippen molar-refractivity contribution in [3.05, 3.63) is 89.8 Å². The smallest absolute Gasteiger partial charge is 0.320 e. The molecule has 2 aromatic carbocycles. The van der Waals surface area contributed by atoms with Gasteiger partial charge in [-0.15, -0.1) is 0 Å². The van der Waals surface area contributed by atoms with Crippen LogP contribution >= 0.6 is 0 Å². The molecule has 3 heterocycles. The highest BCUT2D eigenvalue weighted by molar-refractivity contribution is 5.73. The molecule has 1 saturated carbocycles. The summed E-state index contributed by atoms with van der Waals surface area (Å²) in [6.45, 7) is 4.38. The van der Waals surface area contributed by atoms with E-state index in [0.29, 0.717) is 18.5 Å². The maximum absolute atomic E-state index is 14.2. The number of rotatable bonds is 10. The van der Waals surface area contributed by atoms with Crippen LogP contribution in [0.3, 0.4) is 0 Å². The quantitative estimate of drug-likeness (QED) is 0.360. The van der Waals surface area contributed by atoms with E-state index in [1.54, 1.807) is 12.1 Å². The molecule has 6 nitrogen and oxygen atoms in total. The summed E-state index contributed by atoms with van der Waals surface area (Å²) < 4.78 is 16.5. The first-order valence-corrected chi connectivity index (χ1v) is 15.0. The van der Waals surface area contributed by atoms with E-state index in [2.05, 4.69) is 49.8 Å². The van der Waals surface area contributed by atoms with E-state index in [-0.39, 0.29) is 17.7 Å². The van der Waals surface area contributed by atoms with Crippen LogP contribution in [0.4, 0.5) is 4.39 Å². The number of halogens is 1. The minimum atomic E-state index is -0.710. The lowest BCUT2D eigenvalue weighted by Gasteiger charge is -2.35. The molecule has 2 saturated heterocycles. The van der Waals surface area contributed by atoms with E-state index in [0.717, 1.165) is 76.0 Å². The van der Waals surface area contributed by atoms with Crippen molar-refractivity contribution in [2.45, 2.75) is 62.9 Å². The van der Waals surface area contributed by atoms with Crippen LogP contribution in [-0.2, 0) is 11.2 Å². The summed E-state index contributed by atoms with van der Waals surface area (Å²) in [5.41, 5.74) is 3.38. The van der Waals surface area contributed by atoms with Crippen LogP contribution in [0.5, 0.6) is 0 Å². The topological polar surface area (TPSA) is 61.6 Å². The molecule has 1 aromatic heterocycles. The van der Waals surface area contributed by atoms with E-state index in [1.165, 1.54) is 18.1 Å². The minimum Gasteiger partial charge on any atom is -0.480 e. The maximum Gasteiger partial charge on any atom is 0.320 e. The second-order valence-electron chi connectivity index (χ2n) is 12.3. The Morgan fingerprint density at radius 1 is 1.02 bits per heavy atom. The van der Waals surface area contributed by atoms with Gasteiger partial charge in [0, 0.05) is 57.3 Å². The third kappa shape index (κ3) is 6.31. The number of aromatic nitrogens is 2. The number of hydrogen-bond acceptors (Lipinski definition) is 4. The number of hydrogen-bond donors (Lipinski definition) is 1. The standard InChI is InChI=1S/C33H41FN4O2/c34-28-11-5-10-26(18-28)31-22-37(32(33(39)40)17-25-8-4-9-25)20-27(31)19-36-14-12-30(13-15-36)38-21-29(35-23-38)16-24-6-2-1-3-7-24/h1-3,5-7,10-11,18,21,23,25,27,30-32H,4,8-9,12-17,19-20,22H2,(H,39,40). The van der Waals surface area contributed by atoms with E-state index in [9.17, 15) is 14.3 Å². The predicted octanol–water partition coefficient (Wildman–Crippen LogP) is 5.61. The number of aliphatic carboxylic acids is 1. The van der Waals surface area contributed by atoms with Crippen molar-refractivity contribution in [1.82, 2.24) is 19.4 Å². The van der Waals surface area contributed by atoms with Gasteiger partial charge in [-0.1, -0.05) is 61.7 Å². The molecular weight excluding hydrogens is 503 g/mol. The first kappa shape index (κ1) is 27.2. The molecule has 7 heteroatoms. The van der Waals surface area contributed by atoms with Crippen LogP contribution in [-0.4, -0.2) is 69.2 Å². The molecule has 3 fully saturated rings. The Kier molecular flexibility index (Phi) is 8.30. The Bertz CT molecular complexity index is 1270. The minimum absolute atomic E-state index is 0.144. The van der Waals surface area contributed by atoms with Gasteiger partial charge in [-0.25, -0.2) is 9.37 Å². The second kappa shape index (κ2) is 12.2. The van der Waals surface area contributed by atoms with E-state index < -0.39 is 12.0 Å². The zero-order valence-electron chi connectivity index (χ0n) is 23.2. The molecule has 0 bridgehead atoms. The molecule has 0 radical (unpaired) electrons. The first-order chi connectivity index (χ1) is 19.5. The number of carboxylic acid groups (broad SMARTS) is 1. The number of imidazole rings is 1. The van der Waals surface area contributed by atoms with Crippen molar-refractivity contribution in [2.75, 3.05) is 32.7 Å². The predicted molar refractivity (Wildman–Crippen MR) is 154 cm³/mol. The average Bonchev–Trinajstić information content (AvgIpc) is 3.56. The molecule has 3 aliphatic rings. The normalized spacial score (nSPS) is 23.7. The van der Waals surface area contributed by atoms with Gasteiger partial charge in [-0.3, -0.25) is 9.69 Å². The Labute approximate surface area is 236 Å². The van der Waals surface area contributed by atoms with Crippen molar-refractivity contribution in [1.29, 1.82) is 0 Å². The molecule has 1 N–H and O–H groups in total. The lowest BCUT2D eigenvalue weighted by Crippen LogP contribution is -2.43. The summed E-state index contributed by atoms with van der Waals surface area (Å²) in [4.78, 5) is 21.7. The van der Waals surface area contributed by atoms with Crippen molar-refractivity contribution >= 4 is 5.97 Å². The van der Waals surface area contributed by atoms with Crippen molar-refractivity contribution in [3.8, 4) is 0 Å². The summed E-state index contributed by atoms with van der Waals surface area (Å²) in [7, 11) is 0. The Balaban J connectivity index is 1.09. The van der Waals surface area contributed by atoms with Crippen LogP contribution in [0.15, 0.2) is 67.1 Å². The summed E-state index contributed by atoms with van der Waals surface area (Å²) in [6.07, 6.45) is 11.4. The SMILES string of the molecule is O=C(O)C(CC1CCC1)N1CC(CN2CCC(n3cnc(Cc4ccccc4)c3)CC2)C(c2cccc(F)c2)C1. The van der Waals surface area contributed by atoms with Crippen LogP contribution in [0.1, 0.15) is 67.3 Å². The fourth-order valence-corrected chi connectivity index (χ4v) is 7.12. The van der Waals surface area contributed by atoms with Crippen LogP contribution < -0.4 is 0 Å². The lowest BCUT2D eigenvalue weighted by atomic mass is 9.80. The number of carbonyl (C=O) groups is 1. The van der Waals surface area contributed by atoms with Gasteiger partial charge in [0.2, 0.25) is 0 Å². The Morgan fingerprint density at radius 2 is 1.82 bits per heavy atom. The fraction of sp³-hybridized carbons (Fsp3) is 0.515. The molecule has 40 heavy (non-hydrogen) atoms. The van der Waals surface area contributed by atoms with Gasteiger partial charge < -0.3 is 14.6 Å². The number of nitrogens with zero attached hydrogens (tertiary/aromatic N) is 4. The maximum atomic E-state index is 14.2. The summed E-state index contributed by atoms with van der Waals surface area (Å²) in [5, 5.41) is 10.1. The molecule has 1 aliphatic carbocycles. The van der Waals surface area contributed by atoms with Crippen molar-refractivity contribution in [2.24, 2.45) is 11.8 Å². The highest BCUT2D eigenvalue weighted by Gasteiger charge is 2.41. The molecule has 6 rings (SSSR count). The van der Waals surface area contributed by atoms with Crippen LogP contribution in [0.25, 0.3) is 0 Å². The number of carboxylic acids is 1. The van der Waals surface area contributed by atoms with E-state index in [4.69, 9.17) is 0 Å². The van der Waals surface area contributed by atoms with Gasteiger partial charge in [-0.05, 0) is 54.4 Å². The van der Waals surface area contributed by atoms with Gasteiger partial charge in [-0.2, -0.15) is 0 Å². The third-order valence-corrected chi connectivity index (χ3v) is 9.61. The zero-order chi connectivity index (χ0) is 27.5. The molecule has 0 spiro atoms. The molecule has 2 aliphatic heterocycles. The summed E-state index contributed by atoms with van der Waals surface area (Å²) in [6, 6.07) is 17.4. The molecule has 0 amide bonds. The average molecular weight is 545 g/mol.